The predicted molar refractivity (Wildman–Crippen MR) is 348 cm³/mol. The number of nitrogens with zero attached hydrogens (tertiary/aromatic N) is 2. The number of fused-ring (bicyclic) bond motifs is 6. The lowest BCUT2D eigenvalue weighted by molar-refractivity contribution is 0.300. The van der Waals surface area contributed by atoms with E-state index in [1.165, 1.54) is 50.1 Å². The van der Waals surface area contributed by atoms with E-state index in [2.05, 4.69) is 320 Å². The van der Waals surface area contributed by atoms with Gasteiger partial charge in [-0.25, -0.2) is 0 Å². The fourth-order valence-electron chi connectivity index (χ4n) is 14.3. The number of rotatable bonds is 17. The first-order chi connectivity index (χ1) is 41.6. The molecule has 0 fully saturated rings. The lowest BCUT2D eigenvalue weighted by Crippen LogP contribution is -2.40. The Labute approximate surface area is 494 Å². The zero-order valence-electron chi connectivity index (χ0n) is 46.9. The summed E-state index contributed by atoms with van der Waals surface area (Å²) in [6.45, 7) is 8.67. The molecule has 0 amide bonds. The maximum atomic E-state index is 6.04. The van der Waals surface area contributed by atoms with Gasteiger partial charge in [0, 0.05) is 51.4 Å². The van der Waals surface area contributed by atoms with Crippen molar-refractivity contribution in [3.05, 3.63) is 362 Å². The summed E-state index contributed by atoms with van der Waals surface area (Å²) in [5.41, 5.74) is 19.3. The number of anilines is 6. The molecule has 0 aromatic heterocycles. The Morgan fingerprint density at radius 2 is 0.881 bits per heavy atom. The largest absolute Gasteiger partial charge is 0.490 e. The van der Waals surface area contributed by atoms with Crippen LogP contribution in [-0.4, -0.2) is 13.2 Å². The second kappa shape index (κ2) is 22.3. The zero-order chi connectivity index (χ0) is 56.5. The fourth-order valence-corrected chi connectivity index (χ4v) is 14.3. The molecule has 406 valence electrons. The third kappa shape index (κ3) is 8.85. The van der Waals surface area contributed by atoms with Crippen molar-refractivity contribution in [1.29, 1.82) is 0 Å². The fraction of sp³-hybridized carbons (Fsp3) is 0.100. The van der Waals surface area contributed by atoms with E-state index in [1.54, 1.807) is 12.2 Å². The van der Waals surface area contributed by atoms with Crippen molar-refractivity contribution in [2.45, 2.75) is 23.2 Å². The molecule has 5 unspecified atom stereocenters. The van der Waals surface area contributed by atoms with Crippen LogP contribution in [0.15, 0.2) is 323 Å². The molecule has 0 aliphatic heterocycles. The smallest absolute Gasteiger partial charge is 0.119 e. The van der Waals surface area contributed by atoms with E-state index in [1.807, 2.05) is 0 Å². The number of hydrogen-bond donors (Lipinski definition) is 0. The van der Waals surface area contributed by atoms with Crippen molar-refractivity contribution in [3.8, 4) is 33.8 Å². The molecule has 4 aliphatic carbocycles. The predicted octanol–water partition coefficient (Wildman–Crippen LogP) is 20.0. The summed E-state index contributed by atoms with van der Waals surface area (Å²) in [6.07, 6.45) is 23.1. The Morgan fingerprint density at radius 3 is 1.46 bits per heavy atom. The first-order valence-electron chi connectivity index (χ1n) is 29.3. The van der Waals surface area contributed by atoms with Gasteiger partial charge in [-0.15, -0.1) is 0 Å². The summed E-state index contributed by atoms with van der Waals surface area (Å²) in [7, 11) is 0. The summed E-state index contributed by atoms with van der Waals surface area (Å²) in [4.78, 5) is 4.80. The summed E-state index contributed by atoms with van der Waals surface area (Å²) >= 11 is 0. The molecule has 84 heavy (non-hydrogen) atoms. The molecule has 0 N–H and O–H groups in total. The van der Waals surface area contributed by atoms with Crippen LogP contribution in [-0.2, 0) is 10.8 Å². The Balaban J connectivity index is 0.831. The molecule has 4 nitrogen and oxygen atoms in total. The van der Waals surface area contributed by atoms with E-state index < -0.39 is 5.41 Å². The van der Waals surface area contributed by atoms with E-state index >= 15 is 0 Å². The SMILES string of the molecule is C=CCOc1ccc(C2(c3ccccc3)c3ccccc3-c3ccc(N(c4ccccc4)c4ccc(-c5ccc(N(c6ccccc6)c6ccc7c(c6)C(c6ccc(OCC=C)cc6)(C6C=CC=CC6)C6C=CC=CC76)cc5)cc4)cc32)cc1. The highest BCUT2D eigenvalue weighted by molar-refractivity contribution is 5.90. The second-order valence-corrected chi connectivity index (χ2v) is 22.2. The van der Waals surface area contributed by atoms with Gasteiger partial charge in [-0.05, 0) is 171 Å². The van der Waals surface area contributed by atoms with E-state index in [0.717, 1.165) is 63.2 Å². The summed E-state index contributed by atoms with van der Waals surface area (Å²) in [5.74, 6) is 2.37. The number of ether oxygens (including phenoxy) is 2. The van der Waals surface area contributed by atoms with Crippen LogP contribution >= 0.6 is 0 Å². The van der Waals surface area contributed by atoms with Gasteiger partial charge in [-0.3, -0.25) is 0 Å². The molecule has 0 saturated carbocycles. The Bertz CT molecular complexity index is 4150. The summed E-state index contributed by atoms with van der Waals surface area (Å²) in [6, 6.07) is 91.4. The van der Waals surface area contributed by atoms with Crippen molar-refractivity contribution in [3.63, 3.8) is 0 Å². The Hall–Kier alpha value is -10.2. The quantitative estimate of drug-likeness (QED) is 0.0849. The van der Waals surface area contributed by atoms with Crippen LogP contribution in [0, 0.1) is 11.8 Å². The van der Waals surface area contributed by atoms with Crippen LogP contribution in [0.5, 0.6) is 11.5 Å². The van der Waals surface area contributed by atoms with Crippen molar-refractivity contribution in [1.82, 2.24) is 0 Å². The zero-order valence-corrected chi connectivity index (χ0v) is 46.9. The van der Waals surface area contributed by atoms with Crippen molar-refractivity contribution >= 4 is 34.1 Å². The number of para-hydroxylation sites is 2. The number of hydrogen-bond acceptors (Lipinski definition) is 4. The van der Waals surface area contributed by atoms with Gasteiger partial charge < -0.3 is 19.3 Å². The first-order valence-corrected chi connectivity index (χ1v) is 29.3. The third-order valence-electron chi connectivity index (χ3n) is 17.8. The molecule has 5 atom stereocenters. The van der Waals surface area contributed by atoms with Gasteiger partial charge >= 0.3 is 0 Å². The summed E-state index contributed by atoms with van der Waals surface area (Å²) in [5, 5.41) is 0. The Kier molecular flexibility index (Phi) is 13.8. The van der Waals surface area contributed by atoms with Crippen LogP contribution in [0.25, 0.3) is 22.3 Å². The lowest BCUT2D eigenvalue weighted by Gasteiger charge is -2.44. The average molecular weight is 1090 g/mol. The standard InChI is InChI=1S/C80H64N2O2/c1-3-53-83-69-47-37-61(38-48-69)79(59-21-9-5-10-22-59)75-31-19-17-29-71(75)73-51-45-67(55-77(73)79)81(63-25-13-7-14-26-63)65-41-33-57(34-42-65)58-35-43-66(44-36-58)82(64-27-15-8-16-28-64)68-46-52-74-72-30-18-20-32-76(72)80(78(74)56-68,60-23-11-6-12-24-60)62-39-49-70(50-40-62)84-54-4-2/h3-23,25-52,55-56,60,72,76H,1-2,24,53-54H2. The van der Waals surface area contributed by atoms with Gasteiger partial charge in [0.25, 0.3) is 0 Å². The number of benzene rings is 10. The van der Waals surface area contributed by atoms with Crippen LogP contribution in [0.3, 0.4) is 0 Å². The molecule has 4 heteroatoms. The Morgan fingerprint density at radius 1 is 0.405 bits per heavy atom. The minimum Gasteiger partial charge on any atom is -0.490 e. The van der Waals surface area contributed by atoms with E-state index in [4.69, 9.17) is 9.47 Å². The van der Waals surface area contributed by atoms with Crippen LogP contribution < -0.4 is 19.3 Å². The topological polar surface area (TPSA) is 24.9 Å². The van der Waals surface area contributed by atoms with Gasteiger partial charge in [0.1, 0.15) is 24.7 Å². The van der Waals surface area contributed by atoms with Gasteiger partial charge in [0.05, 0.1) is 5.41 Å². The maximum Gasteiger partial charge on any atom is 0.119 e. The highest BCUT2D eigenvalue weighted by atomic mass is 16.5. The van der Waals surface area contributed by atoms with Gasteiger partial charge in [-0.2, -0.15) is 0 Å². The lowest BCUT2D eigenvalue weighted by atomic mass is 9.58. The molecular weight excluding hydrogens is 1020 g/mol. The molecule has 4 aliphatic rings. The van der Waals surface area contributed by atoms with Crippen LogP contribution in [0.2, 0.25) is 0 Å². The van der Waals surface area contributed by atoms with Gasteiger partial charge in [0.2, 0.25) is 0 Å². The molecular formula is C80H64N2O2. The first kappa shape index (κ1) is 52.0. The van der Waals surface area contributed by atoms with Crippen LogP contribution in [0.4, 0.5) is 34.1 Å². The molecule has 0 radical (unpaired) electrons. The van der Waals surface area contributed by atoms with Crippen molar-refractivity contribution < 1.29 is 9.47 Å². The van der Waals surface area contributed by atoms with E-state index in [0.29, 0.717) is 13.2 Å². The molecule has 0 saturated heterocycles. The highest BCUT2D eigenvalue weighted by Crippen LogP contribution is 2.62. The number of allylic oxidation sites excluding steroid dienone is 8. The molecule has 10 aromatic carbocycles. The van der Waals surface area contributed by atoms with Crippen molar-refractivity contribution in [2.75, 3.05) is 23.0 Å². The minimum atomic E-state index is -0.591. The average Bonchev–Trinajstić information content (AvgIpc) is 2.17. The second-order valence-electron chi connectivity index (χ2n) is 22.2. The minimum absolute atomic E-state index is 0.229. The van der Waals surface area contributed by atoms with E-state index in [9.17, 15) is 0 Å². The summed E-state index contributed by atoms with van der Waals surface area (Å²) < 4.78 is 12.1. The molecule has 14 rings (SSSR count). The maximum absolute atomic E-state index is 6.04. The van der Waals surface area contributed by atoms with Crippen molar-refractivity contribution in [2.24, 2.45) is 11.8 Å². The van der Waals surface area contributed by atoms with Crippen LogP contribution in [0.1, 0.15) is 51.3 Å². The molecule has 0 spiro atoms. The monoisotopic (exact) mass is 1080 g/mol. The van der Waals surface area contributed by atoms with E-state index in [-0.39, 0.29) is 23.2 Å². The molecule has 10 aromatic rings. The highest BCUT2D eigenvalue weighted by Gasteiger charge is 2.55. The third-order valence-corrected chi connectivity index (χ3v) is 17.8. The molecule has 0 bridgehead atoms. The van der Waals surface area contributed by atoms with Gasteiger partial charge in [-0.1, -0.05) is 226 Å². The normalized spacial score (nSPS) is 19.4. The van der Waals surface area contributed by atoms with Gasteiger partial charge in [0.15, 0.2) is 0 Å². The molecule has 0 heterocycles.